The van der Waals surface area contributed by atoms with Crippen molar-refractivity contribution >= 4 is 11.6 Å². The Morgan fingerprint density at radius 3 is 2.71 bits per heavy atom. The highest BCUT2D eigenvalue weighted by Gasteiger charge is 2.14. The third-order valence-corrected chi connectivity index (χ3v) is 3.46. The van der Waals surface area contributed by atoms with Crippen LogP contribution in [0.1, 0.15) is 16.7 Å². The maximum Gasteiger partial charge on any atom is 0.231 e. The lowest BCUT2D eigenvalue weighted by molar-refractivity contribution is -0.115. The average Bonchev–Trinajstić information content (AvgIpc) is 2.89. The quantitative estimate of drug-likeness (QED) is 0.941. The van der Waals surface area contributed by atoms with Gasteiger partial charge in [0.1, 0.15) is 0 Å². The topological polar surface area (TPSA) is 47.6 Å². The molecule has 0 bridgehead atoms. The predicted molar refractivity (Wildman–Crippen MR) is 80.8 cm³/mol. The van der Waals surface area contributed by atoms with Crippen molar-refractivity contribution < 1.29 is 14.3 Å². The van der Waals surface area contributed by atoms with Crippen LogP contribution in [0.15, 0.2) is 36.4 Å². The van der Waals surface area contributed by atoms with E-state index in [1.54, 1.807) is 0 Å². The Labute approximate surface area is 123 Å². The average molecular weight is 283 g/mol. The van der Waals surface area contributed by atoms with Gasteiger partial charge in [-0.2, -0.15) is 0 Å². The monoisotopic (exact) mass is 283 g/mol. The molecule has 0 spiro atoms. The summed E-state index contributed by atoms with van der Waals surface area (Å²) in [6, 6.07) is 11.5. The molecule has 0 unspecified atom stereocenters. The number of benzene rings is 2. The van der Waals surface area contributed by atoms with E-state index in [2.05, 4.69) is 11.4 Å². The molecule has 108 valence electrons. The zero-order valence-corrected chi connectivity index (χ0v) is 12.1. The molecule has 1 aliphatic rings. The highest BCUT2D eigenvalue weighted by molar-refractivity contribution is 5.93. The highest BCUT2D eigenvalue weighted by atomic mass is 16.7. The molecule has 2 aromatic carbocycles. The second kappa shape index (κ2) is 5.48. The Hall–Kier alpha value is -2.49. The van der Waals surface area contributed by atoms with Crippen molar-refractivity contribution in [2.75, 3.05) is 12.1 Å². The molecule has 0 saturated carbocycles. The summed E-state index contributed by atoms with van der Waals surface area (Å²) < 4.78 is 10.6. The van der Waals surface area contributed by atoms with E-state index in [0.29, 0.717) is 12.2 Å². The third-order valence-electron chi connectivity index (χ3n) is 3.46. The van der Waals surface area contributed by atoms with Crippen LogP contribution in [0.4, 0.5) is 5.69 Å². The molecule has 0 atom stereocenters. The van der Waals surface area contributed by atoms with E-state index >= 15 is 0 Å². The maximum absolute atomic E-state index is 12.1. The first-order chi connectivity index (χ1) is 10.1. The largest absolute Gasteiger partial charge is 0.454 e. The van der Waals surface area contributed by atoms with Gasteiger partial charge in [0, 0.05) is 5.69 Å². The first kappa shape index (κ1) is 13.5. The molecule has 0 radical (unpaired) electrons. The summed E-state index contributed by atoms with van der Waals surface area (Å²) in [5.41, 5.74) is 4.00. The number of anilines is 1. The van der Waals surface area contributed by atoms with Gasteiger partial charge in [-0.3, -0.25) is 4.79 Å². The van der Waals surface area contributed by atoms with Gasteiger partial charge in [0.25, 0.3) is 0 Å². The van der Waals surface area contributed by atoms with Gasteiger partial charge in [0.2, 0.25) is 12.7 Å². The fourth-order valence-electron chi connectivity index (χ4n) is 2.38. The number of aryl methyl sites for hydroxylation is 2. The van der Waals surface area contributed by atoms with Crippen molar-refractivity contribution in [3.8, 4) is 11.5 Å². The van der Waals surface area contributed by atoms with Crippen molar-refractivity contribution in [3.63, 3.8) is 0 Å². The van der Waals surface area contributed by atoms with Crippen molar-refractivity contribution in [2.24, 2.45) is 0 Å². The smallest absolute Gasteiger partial charge is 0.231 e. The number of rotatable bonds is 3. The molecule has 1 heterocycles. The Kier molecular flexibility index (Phi) is 3.52. The van der Waals surface area contributed by atoms with Gasteiger partial charge < -0.3 is 14.8 Å². The summed E-state index contributed by atoms with van der Waals surface area (Å²) in [5, 5.41) is 2.94. The zero-order valence-electron chi connectivity index (χ0n) is 12.1. The number of fused-ring (bicyclic) bond motifs is 1. The molecule has 21 heavy (non-hydrogen) atoms. The molecular weight excluding hydrogens is 266 g/mol. The van der Waals surface area contributed by atoms with Gasteiger partial charge in [-0.15, -0.1) is 0 Å². The lowest BCUT2D eigenvalue weighted by Gasteiger charge is -2.09. The number of hydrogen-bond acceptors (Lipinski definition) is 3. The summed E-state index contributed by atoms with van der Waals surface area (Å²) in [6.45, 7) is 4.27. The molecule has 0 fully saturated rings. The summed E-state index contributed by atoms with van der Waals surface area (Å²) in [7, 11) is 0. The van der Waals surface area contributed by atoms with Crippen molar-refractivity contribution in [3.05, 3.63) is 53.1 Å². The van der Waals surface area contributed by atoms with Crippen molar-refractivity contribution in [1.82, 2.24) is 0 Å². The molecule has 2 aromatic rings. The normalized spacial score (nSPS) is 12.3. The summed E-state index contributed by atoms with van der Waals surface area (Å²) in [4.78, 5) is 12.1. The van der Waals surface area contributed by atoms with E-state index in [0.717, 1.165) is 22.6 Å². The lowest BCUT2D eigenvalue weighted by Crippen LogP contribution is -2.15. The van der Waals surface area contributed by atoms with Crippen LogP contribution in [0.5, 0.6) is 11.5 Å². The first-order valence-corrected chi connectivity index (χ1v) is 6.87. The SMILES string of the molecule is Cc1ccc(NC(=O)Cc2ccc3c(c2)OCO3)c(C)c1. The lowest BCUT2D eigenvalue weighted by atomic mass is 10.1. The minimum absolute atomic E-state index is 0.0409. The standard InChI is InChI=1S/C17H17NO3/c1-11-3-5-14(12(2)7-11)18-17(19)9-13-4-6-15-16(8-13)21-10-20-15/h3-8H,9-10H2,1-2H3,(H,18,19). The van der Waals surface area contributed by atoms with E-state index in [4.69, 9.17) is 9.47 Å². The van der Waals surface area contributed by atoms with E-state index in [9.17, 15) is 4.79 Å². The van der Waals surface area contributed by atoms with Gasteiger partial charge >= 0.3 is 0 Å². The van der Waals surface area contributed by atoms with E-state index in [-0.39, 0.29) is 12.7 Å². The van der Waals surface area contributed by atoms with Gasteiger partial charge in [0.15, 0.2) is 11.5 Å². The number of nitrogens with one attached hydrogen (secondary N) is 1. The molecule has 1 amide bonds. The van der Waals surface area contributed by atoms with Crippen LogP contribution >= 0.6 is 0 Å². The van der Waals surface area contributed by atoms with Crippen LogP contribution in [0, 0.1) is 13.8 Å². The number of ether oxygens (including phenoxy) is 2. The predicted octanol–water partition coefficient (Wildman–Crippen LogP) is 3.21. The van der Waals surface area contributed by atoms with Crippen molar-refractivity contribution in [1.29, 1.82) is 0 Å². The van der Waals surface area contributed by atoms with Gasteiger partial charge in [0.05, 0.1) is 6.42 Å². The fraction of sp³-hybridized carbons (Fsp3) is 0.235. The number of carbonyl (C=O) groups excluding carboxylic acids is 1. The zero-order chi connectivity index (χ0) is 14.8. The molecule has 4 heteroatoms. The fourth-order valence-corrected chi connectivity index (χ4v) is 2.38. The van der Waals surface area contributed by atoms with E-state index in [1.165, 1.54) is 5.56 Å². The Morgan fingerprint density at radius 2 is 1.90 bits per heavy atom. The van der Waals surface area contributed by atoms with E-state index < -0.39 is 0 Å². The molecule has 4 nitrogen and oxygen atoms in total. The molecule has 1 N–H and O–H groups in total. The molecule has 0 aromatic heterocycles. The van der Waals surface area contributed by atoms with Crippen molar-refractivity contribution in [2.45, 2.75) is 20.3 Å². The van der Waals surface area contributed by atoms with Crippen LogP contribution in [-0.2, 0) is 11.2 Å². The first-order valence-electron chi connectivity index (χ1n) is 6.87. The van der Waals surface area contributed by atoms with Crippen LogP contribution in [0.2, 0.25) is 0 Å². The third kappa shape index (κ3) is 2.99. The van der Waals surface area contributed by atoms with Crippen LogP contribution < -0.4 is 14.8 Å². The summed E-state index contributed by atoms with van der Waals surface area (Å²) >= 11 is 0. The summed E-state index contributed by atoms with van der Waals surface area (Å²) in [5.74, 6) is 1.39. The minimum Gasteiger partial charge on any atom is -0.454 e. The Bertz CT molecular complexity index is 694. The maximum atomic E-state index is 12.1. The van der Waals surface area contributed by atoms with Gasteiger partial charge in [-0.1, -0.05) is 23.8 Å². The van der Waals surface area contributed by atoms with E-state index in [1.807, 2.05) is 44.2 Å². The van der Waals surface area contributed by atoms with Gasteiger partial charge in [-0.05, 0) is 43.2 Å². The van der Waals surface area contributed by atoms with Crippen LogP contribution in [0.25, 0.3) is 0 Å². The van der Waals surface area contributed by atoms with Gasteiger partial charge in [-0.25, -0.2) is 0 Å². The number of carbonyl (C=O) groups is 1. The Morgan fingerprint density at radius 1 is 1.10 bits per heavy atom. The molecular formula is C17H17NO3. The van der Waals surface area contributed by atoms with Crippen LogP contribution in [-0.4, -0.2) is 12.7 Å². The second-order valence-corrected chi connectivity index (χ2v) is 5.23. The highest BCUT2D eigenvalue weighted by Crippen LogP contribution is 2.32. The Balaban J connectivity index is 1.69. The summed E-state index contributed by atoms with van der Waals surface area (Å²) in [6.07, 6.45) is 0.309. The second-order valence-electron chi connectivity index (χ2n) is 5.23. The molecule has 0 saturated heterocycles. The molecule has 1 aliphatic heterocycles. The minimum atomic E-state index is -0.0409. The number of amides is 1. The number of hydrogen-bond donors (Lipinski definition) is 1. The van der Waals surface area contributed by atoms with Crippen LogP contribution in [0.3, 0.4) is 0 Å². The molecule has 0 aliphatic carbocycles. The molecule has 3 rings (SSSR count).